The Bertz CT molecular complexity index is 1010. The zero-order valence-corrected chi connectivity index (χ0v) is 15.2. The zero-order chi connectivity index (χ0) is 18.8. The van der Waals surface area contributed by atoms with Gasteiger partial charge in [-0.05, 0) is 37.6 Å². The number of hydrogen-bond acceptors (Lipinski definition) is 4. The lowest BCUT2D eigenvalue weighted by Gasteiger charge is -2.27. The molecule has 1 aliphatic heterocycles. The van der Waals surface area contributed by atoms with Crippen molar-refractivity contribution in [1.29, 1.82) is 0 Å². The van der Waals surface area contributed by atoms with Crippen molar-refractivity contribution in [3.8, 4) is 5.75 Å². The summed E-state index contributed by atoms with van der Waals surface area (Å²) in [5, 5.41) is 4.42. The van der Waals surface area contributed by atoms with E-state index in [1.807, 2.05) is 61.5 Å². The molecular formula is C22H20N2O3. The molecule has 5 nitrogen and oxygen atoms in total. The van der Waals surface area contributed by atoms with Crippen LogP contribution in [0.2, 0.25) is 0 Å². The van der Waals surface area contributed by atoms with Gasteiger partial charge < -0.3 is 9.15 Å². The summed E-state index contributed by atoms with van der Waals surface area (Å²) < 4.78 is 11.6. The number of ether oxygens (including phenoxy) is 1. The fourth-order valence-electron chi connectivity index (χ4n) is 3.28. The summed E-state index contributed by atoms with van der Waals surface area (Å²) >= 11 is 0. The molecule has 1 aliphatic rings. The summed E-state index contributed by atoms with van der Waals surface area (Å²) in [6.07, 6.45) is 0.430. The number of benzene rings is 2. The molecule has 2 aromatic carbocycles. The van der Waals surface area contributed by atoms with E-state index in [-0.39, 0.29) is 12.0 Å². The normalized spacial score (nSPS) is 17.3. The number of carbonyl (C=O) groups is 1. The largest absolute Gasteiger partial charge is 0.485 e. The van der Waals surface area contributed by atoms with Gasteiger partial charge in [-0.1, -0.05) is 42.5 Å². The molecule has 1 aromatic heterocycles. The van der Waals surface area contributed by atoms with Crippen LogP contribution in [0.3, 0.4) is 0 Å². The van der Waals surface area contributed by atoms with Crippen molar-refractivity contribution >= 4 is 11.6 Å². The molecule has 1 N–H and O–H groups in total. The molecule has 1 amide bonds. The van der Waals surface area contributed by atoms with Crippen LogP contribution < -0.4 is 10.2 Å². The number of amides is 1. The molecular weight excluding hydrogens is 340 g/mol. The summed E-state index contributed by atoms with van der Waals surface area (Å²) in [5.41, 5.74) is 5.92. The molecule has 0 aliphatic carbocycles. The van der Waals surface area contributed by atoms with Gasteiger partial charge in [0.05, 0.1) is 11.3 Å². The first kappa shape index (κ1) is 17.1. The molecule has 0 spiro atoms. The third-order valence-electron chi connectivity index (χ3n) is 4.60. The molecule has 0 fully saturated rings. The molecule has 0 unspecified atom stereocenters. The Morgan fingerprint density at radius 2 is 1.81 bits per heavy atom. The van der Waals surface area contributed by atoms with E-state index in [1.165, 1.54) is 0 Å². The van der Waals surface area contributed by atoms with Crippen LogP contribution >= 0.6 is 0 Å². The van der Waals surface area contributed by atoms with Crippen LogP contribution in [-0.4, -0.2) is 11.6 Å². The summed E-state index contributed by atoms with van der Waals surface area (Å²) in [7, 11) is 0. The average Bonchev–Trinajstić information content (AvgIpc) is 3.04. The number of furan rings is 1. The van der Waals surface area contributed by atoms with Crippen LogP contribution in [0, 0.1) is 13.8 Å². The monoisotopic (exact) mass is 360 g/mol. The SMILES string of the molecule is Cc1cc(C(=O)N/N=C2/C[C@H](c3ccccc3)Oc3ccccc32)c(C)o1. The number of aryl methyl sites for hydroxylation is 2. The molecule has 2 heterocycles. The van der Waals surface area contributed by atoms with Crippen LogP contribution in [0.5, 0.6) is 5.75 Å². The van der Waals surface area contributed by atoms with Crippen LogP contribution in [-0.2, 0) is 0 Å². The molecule has 0 bridgehead atoms. The smallest absolute Gasteiger partial charge is 0.274 e. The van der Waals surface area contributed by atoms with E-state index in [1.54, 1.807) is 13.0 Å². The highest BCUT2D eigenvalue weighted by molar-refractivity contribution is 6.05. The fraction of sp³-hybridized carbons (Fsp3) is 0.182. The second-order valence-corrected chi connectivity index (χ2v) is 6.54. The van der Waals surface area contributed by atoms with Gasteiger partial charge in [-0.15, -0.1) is 0 Å². The Kier molecular flexibility index (Phi) is 4.50. The summed E-state index contributed by atoms with van der Waals surface area (Å²) in [5.74, 6) is 1.77. The van der Waals surface area contributed by atoms with Gasteiger partial charge >= 0.3 is 0 Å². The Morgan fingerprint density at radius 3 is 2.56 bits per heavy atom. The van der Waals surface area contributed by atoms with Crippen molar-refractivity contribution in [3.05, 3.63) is 88.9 Å². The van der Waals surface area contributed by atoms with Crippen molar-refractivity contribution in [3.63, 3.8) is 0 Å². The van der Waals surface area contributed by atoms with Gasteiger partial charge in [0.15, 0.2) is 0 Å². The molecule has 0 saturated heterocycles. The molecule has 0 radical (unpaired) electrons. The van der Waals surface area contributed by atoms with Crippen molar-refractivity contribution in [2.75, 3.05) is 0 Å². The second kappa shape index (κ2) is 7.11. The zero-order valence-electron chi connectivity index (χ0n) is 15.2. The third kappa shape index (κ3) is 3.49. The lowest BCUT2D eigenvalue weighted by Crippen LogP contribution is -2.25. The van der Waals surface area contributed by atoms with Crippen molar-refractivity contribution < 1.29 is 13.9 Å². The minimum atomic E-state index is -0.280. The molecule has 27 heavy (non-hydrogen) atoms. The van der Waals surface area contributed by atoms with Crippen LogP contribution in [0.4, 0.5) is 0 Å². The van der Waals surface area contributed by atoms with E-state index < -0.39 is 0 Å². The van der Waals surface area contributed by atoms with E-state index >= 15 is 0 Å². The maximum absolute atomic E-state index is 12.5. The first-order valence-corrected chi connectivity index (χ1v) is 8.87. The van der Waals surface area contributed by atoms with Crippen molar-refractivity contribution in [1.82, 2.24) is 5.43 Å². The Hall–Kier alpha value is -3.34. The van der Waals surface area contributed by atoms with Gasteiger partial charge in [0.2, 0.25) is 0 Å². The number of nitrogens with zero attached hydrogens (tertiary/aromatic N) is 1. The first-order valence-electron chi connectivity index (χ1n) is 8.87. The molecule has 136 valence electrons. The molecule has 0 saturated carbocycles. The summed E-state index contributed by atoms with van der Waals surface area (Å²) in [6.45, 7) is 3.58. The minimum Gasteiger partial charge on any atom is -0.485 e. The van der Waals surface area contributed by atoms with Gasteiger partial charge in [-0.25, -0.2) is 5.43 Å². The van der Waals surface area contributed by atoms with Crippen molar-refractivity contribution in [2.24, 2.45) is 5.10 Å². The Morgan fingerprint density at radius 1 is 1.07 bits per heavy atom. The molecule has 1 atom stereocenters. The number of fused-ring (bicyclic) bond motifs is 1. The highest BCUT2D eigenvalue weighted by atomic mass is 16.5. The van der Waals surface area contributed by atoms with E-state index in [0.717, 1.165) is 22.6 Å². The Balaban J connectivity index is 1.63. The van der Waals surface area contributed by atoms with Crippen LogP contribution in [0.15, 0.2) is 70.2 Å². The van der Waals surface area contributed by atoms with Gasteiger partial charge in [0, 0.05) is 12.0 Å². The first-order chi connectivity index (χ1) is 13.1. The van der Waals surface area contributed by atoms with Gasteiger partial charge in [-0.3, -0.25) is 4.79 Å². The predicted molar refractivity (Wildman–Crippen MR) is 103 cm³/mol. The lowest BCUT2D eigenvalue weighted by molar-refractivity contribution is 0.0952. The molecule has 3 aromatic rings. The van der Waals surface area contributed by atoms with E-state index in [2.05, 4.69) is 10.5 Å². The minimum absolute atomic E-state index is 0.144. The summed E-state index contributed by atoms with van der Waals surface area (Å²) in [4.78, 5) is 12.5. The van der Waals surface area contributed by atoms with Crippen molar-refractivity contribution in [2.45, 2.75) is 26.4 Å². The predicted octanol–water partition coefficient (Wildman–Crippen LogP) is 4.55. The van der Waals surface area contributed by atoms with E-state index in [9.17, 15) is 4.79 Å². The standard InChI is InChI=1S/C22H20N2O3/c1-14-12-18(15(2)26-14)22(25)24-23-19-13-21(16-8-4-3-5-9-16)27-20-11-7-6-10-17(19)20/h3-12,21H,13H2,1-2H3,(H,24,25)/b23-19-/t21-/m1/s1. The van der Waals surface area contributed by atoms with Gasteiger partial charge in [-0.2, -0.15) is 5.10 Å². The quantitative estimate of drug-likeness (QED) is 0.697. The molecule has 5 heteroatoms. The third-order valence-corrected chi connectivity index (χ3v) is 4.60. The maximum Gasteiger partial charge on any atom is 0.274 e. The number of carbonyl (C=O) groups excluding carboxylic acids is 1. The fourth-order valence-corrected chi connectivity index (χ4v) is 3.28. The average molecular weight is 360 g/mol. The number of nitrogens with one attached hydrogen (secondary N) is 1. The number of hydrogen-bond donors (Lipinski definition) is 1. The number of hydrazone groups is 1. The van der Waals surface area contributed by atoms with Crippen LogP contribution in [0.25, 0.3) is 0 Å². The number of para-hydroxylation sites is 1. The highest BCUT2D eigenvalue weighted by Gasteiger charge is 2.26. The topological polar surface area (TPSA) is 63.8 Å². The Labute approximate surface area is 157 Å². The lowest BCUT2D eigenvalue weighted by atomic mass is 9.96. The summed E-state index contributed by atoms with van der Waals surface area (Å²) in [6, 6.07) is 19.5. The molecule has 4 rings (SSSR count). The van der Waals surface area contributed by atoms with Crippen LogP contribution in [0.1, 0.15) is 45.5 Å². The maximum atomic E-state index is 12.5. The van der Waals surface area contributed by atoms with Gasteiger partial charge in [0.25, 0.3) is 5.91 Å². The van der Waals surface area contributed by atoms with E-state index in [4.69, 9.17) is 9.15 Å². The van der Waals surface area contributed by atoms with Gasteiger partial charge in [0.1, 0.15) is 23.4 Å². The van der Waals surface area contributed by atoms with E-state index in [0.29, 0.717) is 23.5 Å². The number of rotatable bonds is 3. The highest BCUT2D eigenvalue weighted by Crippen LogP contribution is 2.34. The second-order valence-electron chi connectivity index (χ2n) is 6.54.